The van der Waals surface area contributed by atoms with Gasteiger partial charge in [0, 0.05) is 11.3 Å². The molecule has 5 heteroatoms. The zero-order valence-corrected chi connectivity index (χ0v) is 11.7. The van der Waals surface area contributed by atoms with E-state index < -0.39 is 11.6 Å². The maximum atomic E-state index is 13.9. The van der Waals surface area contributed by atoms with E-state index >= 15 is 0 Å². The molecule has 2 aromatic carbocycles. The second-order valence-corrected chi connectivity index (χ2v) is 4.77. The molecule has 0 fully saturated rings. The lowest BCUT2D eigenvalue weighted by Gasteiger charge is -2.11. The Labute approximate surface area is 121 Å². The first-order chi connectivity index (χ1) is 9.52. The highest BCUT2D eigenvalue weighted by Crippen LogP contribution is 2.24. The fourth-order valence-electron chi connectivity index (χ4n) is 1.86. The SMILES string of the molecule is CCc1cccc(Nc2ccc(C(N)=S)c(F)c2F)c1. The highest BCUT2D eigenvalue weighted by atomic mass is 32.1. The predicted molar refractivity (Wildman–Crippen MR) is 81.3 cm³/mol. The molecule has 0 atom stereocenters. The molecule has 0 saturated heterocycles. The molecule has 0 saturated carbocycles. The molecule has 0 aliphatic rings. The van der Waals surface area contributed by atoms with Gasteiger partial charge in [-0.25, -0.2) is 8.78 Å². The molecule has 0 radical (unpaired) electrons. The molecule has 0 aliphatic carbocycles. The van der Waals surface area contributed by atoms with Crippen LogP contribution in [0.25, 0.3) is 0 Å². The quantitative estimate of drug-likeness (QED) is 0.839. The van der Waals surface area contributed by atoms with Crippen molar-refractivity contribution in [2.45, 2.75) is 13.3 Å². The first kappa shape index (κ1) is 14.4. The van der Waals surface area contributed by atoms with Crippen LogP contribution >= 0.6 is 12.2 Å². The number of rotatable bonds is 4. The third-order valence-corrected chi connectivity index (χ3v) is 3.18. The van der Waals surface area contributed by atoms with E-state index in [0.29, 0.717) is 5.69 Å². The van der Waals surface area contributed by atoms with Crippen LogP contribution in [-0.2, 0) is 6.42 Å². The maximum Gasteiger partial charge on any atom is 0.182 e. The van der Waals surface area contributed by atoms with Crippen LogP contribution in [0.3, 0.4) is 0 Å². The highest BCUT2D eigenvalue weighted by Gasteiger charge is 2.15. The van der Waals surface area contributed by atoms with Crippen LogP contribution in [0.2, 0.25) is 0 Å². The smallest absolute Gasteiger partial charge is 0.182 e. The Morgan fingerprint density at radius 1 is 1.20 bits per heavy atom. The Kier molecular flexibility index (Phi) is 4.29. The second kappa shape index (κ2) is 5.96. The van der Waals surface area contributed by atoms with E-state index in [9.17, 15) is 8.78 Å². The number of aryl methyl sites for hydroxylation is 1. The summed E-state index contributed by atoms with van der Waals surface area (Å²) in [5, 5.41) is 2.85. The number of benzene rings is 2. The van der Waals surface area contributed by atoms with Gasteiger partial charge in [0.25, 0.3) is 0 Å². The summed E-state index contributed by atoms with van der Waals surface area (Å²) < 4.78 is 27.7. The first-order valence-electron chi connectivity index (χ1n) is 6.16. The molecular weight excluding hydrogens is 278 g/mol. The van der Waals surface area contributed by atoms with Crippen LogP contribution in [0.15, 0.2) is 36.4 Å². The minimum atomic E-state index is -1.03. The zero-order chi connectivity index (χ0) is 14.7. The van der Waals surface area contributed by atoms with Gasteiger partial charge in [-0.15, -0.1) is 0 Å². The van der Waals surface area contributed by atoms with E-state index in [0.717, 1.165) is 12.0 Å². The van der Waals surface area contributed by atoms with Crippen molar-refractivity contribution in [2.24, 2.45) is 5.73 Å². The lowest BCUT2D eigenvalue weighted by Crippen LogP contribution is -2.13. The van der Waals surface area contributed by atoms with Gasteiger partial charge in [0.1, 0.15) is 4.99 Å². The van der Waals surface area contributed by atoms with Crippen LogP contribution in [0.5, 0.6) is 0 Å². The molecule has 20 heavy (non-hydrogen) atoms. The molecule has 104 valence electrons. The van der Waals surface area contributed by atoms with Crippen molar-refractivity contribution in [1.29, 1.82) is 0 Å². The van der Waals surface area contributed by atoms with Gasteiger partial charge in [-0.05, 0) is 36.2 Å². The number of halogens is 2. The third kappa shape index (κ3) is 2.93. The van der Waals surface area contributed by atoms with Crippen LogP contribution in [0.1, 0.15) is 18.1 Å². The normalized spacial score (nSPS) is 10.3. The molecule has 2 nitrogen and oxygen atoms in total. The monoisotopic (exact) mass is 292 g/mol. The summed E-state index contributed by atoms with van der Waals surface area (Å²) in [7, 11) is 0. The summed E-state index contributed by atoms with van der Waals surface area (Å²) in [6.07, 6.45) is 0.868. The van der Waals surface area contributed by atoms with Gasteiger partial charge in [0.2, 0.25) is 0 Å². The average Bonchev–Trinajstić information content (AvgIpc) is 2.44. The molecule has 0 bridgehead atoms. The third-order valence-electron chi connectivity index (χ3n) is 2.96. The Morgan fingerprint density at radius 2 is 1.95 bits per heavy atom. The lowest BCUT2D eigenvalue weighted by atomic mass is 10.1. The van der Waals surface area contributed by atoms with Gasteiger partial charge >= 0.3 is 0 Å². The van der Waals surface area contributed by atoms with Gasteiger partial charge in [0.05, 0.1) is 5.69 Å². The molecule has 3 N–H and O–H groups in total. The number of nitrogens with one attached hydrogen (secondary N) is 1. The first-order valence-corrected chi connectivity index (χ1v) is 6.57. The second-order valence-electron chi connectivity index (χ2n) is 4.33. The van der Waals surface area contributed by atoms with Gasteiger partial charge < -0.3 is 11.1 Å². The summed E-state index contributed by atoms with van der Waals surface area (Å²) in [6, 6.07) is 10.3. The van der Waals surface area contributed by atoms with Crippen LogP contribution in [-0.4, -0.2) is 4.99 Å². The topological polar surface area (TPSA) is 38.0 Å². The number of thiocarbonyl (C=S) groups is 1. The summed E-state index contributed by atoms with van der Waals surface area (Å²) in [5.74, 6) is -2.02. The van der Waals surface area contributed by atoms with E-state index in [1.165, 1.54) is 12.1 Å². The van der Waals surface area contributed by atoms with Crippen molar-refractivity contribution < 1.29 is 8.78 Å². The van der Waals surface area contributed by atoms with Crippen molar-refractivity contribution in [3.8, 4) is 0 Å². The minimum Gasteiger partial charge on any atom is -0.389 e. The number of anilines is 2. The van der Waals surface area contributed by atoms with Crippen molar-refractivity contribution >= 4 is 28.6 Å². The highest BCUT2D eigenvalue weighted by molar-refractivity contribution is 7.80. The predicted octanol–water partition coefficient (Wildman–Crippen LogP) is 3.91. The van der Waals surface area contributed by atoms with Gasteiger partial charge in [-0.1, -0.05) is 31.3 Å². The number of nitrogens with two attached hydrogens (primary N) is 1. The van der Waals surface area contributed by atoms with Crippen LogP contribution in [0, 0.1) is 11.6 Å². The number of hydrogen-bond donors (Lipinski definition) is 2. The summed E-state index contributed by atoms with van der Waals surface area (Å²) in [6.45, 7) is 2.02. The molecule has 2 rings (SSSR count). The van der Waals surface area contributed by atoms with Crippen molar-refractivity contribution in [2.75, 3.05) is 5.32 Å². The fraction of sp³-hybridized carbons (Fsp3) is 0.133. The summed E-state index contributed by atoms with van der Waals surface area (Å²) in [5.41, 5.74) is 7.09. The zero-order valence-electron chi connectivity index (χ0n) is 10.9. The molecule has 0 unspecified atom stereocenters. The fourth-order valence-corrected chi connectivity index (χ4v) is 2.02. The summed E-state index contributed by atoms with van der Waals surface area (Å²) in [4.78, 5) is -0.166. The van der Waals surface area contributed by atoms with E-state index in [1.807, 2.05) is 25.1 Å². The van der Waals surface area contributed by atoms with Gasteiger partial charge in [0.15, 0.2) is 11.6 Å². The van der Waals surface area contributed by atoms with E-state index in [1.54, 1.807) is 6.07 Å². The van der Waals surface area contributed by atoms with Crippen LogP contribution in [0.4, 0.5) is 20.2 Å². The van der Waals surface area contributed by atoms with Gasteiger partial charge in [-0.2, -0.15) is 0 Å². The van der Waals surface area contributed by atoms with Crippen molar-refractivity contribution in [3.05, 3.63) is 59.2 Å². The molecule has 0 aliphatic heterocycles. The van der Waals surface area contributed by atoms with Crippen molar-refractivity contribution in [3.63, 3.8) is 0 Å². The van der Waals surface area contributed by atoms with Crippen molar-refractivity contribution in [1.82, 2.24) is 0 Å². The lowest BCUT2D eigenvalue weighted by molar-refractivity contribution is 0.510. The molecule has 2 aromatic rings. The van der Waals surface area contributed by atoms with Gasteiger partial charge in [-0.3, -0.25) is 0 Å². The molecule has 0 spiro atoms. The standard InChI is InChI=1S/C15H14F2N2S/c1-2-9-4-3-5-10(8-9)19-12-7-6-11(15(18)20)13(16)14(12)17/h3-8,19H,2H2,1H3,(H2,18,20). The van der Waals surface area contributed by atoms with E-state index in [-0.39, 0.29) is 16.2 Å². The van der Waals surface area contributed by atoms with Crippen LogP contribution < -0.4 is 11.1 Å². The Bertz CT molecular complexity index is 656. The van der Waals surface area contributed by atoms with E-state index in [4.69, 9.17) is 5.73 Å². The molecule has 0 amide bonds. The largest absolute Gasteiger partial charge is 0.389 e. The van der Waals surface area contributed by atoms with E-state index in [2.05, 4.69) is 17.5 Å². The maximum absolute atomic E-state index is 13.9. The number of hydrogen-bond acceptors (Lipinski definition) is 2. The Balaban J connectivity index is 2.34. The Hall–Kier alpha value is -2.01. The summed E-state index contributed by atoms with van der Waals surface area (Å²) >= 11 is 4.67. The molecular formula is C15H14F2N2S. The molecule has 0 heterocycles. The average molecular weight is 292 g/mol. The Morgan fingerprint density at radius 3 is 2.60 bits per heavy atom. The minimum absolute atomic E-state index is 0.0516. The molecule has 0 aromatic heterocycles.